The van der Waals surface area contributed by atoms with Crippen LogP contribution in [0.1, 0.15) is 23.6 Å². The first-order valence-electron chi connectivity index (χ1n) is 9.56. The van der Waals surface area contributed by atoms with Gasteiger partial charge < -0.3 is 4.90 Å². The van der Waals surface area contributed by atoms with Crippen molar-refractivity contribution in [3.05, 3.63) is 53.5 Å². The second kappa shape index (κ2) is 8.34. The molecule has 0 aliphatic carbocycles. The molecule has 0 bridgehead atoms. The first-order chi connectivity index (χ1) is 13.7. The molecule has 4 aromatic rings. The average Bonchev–Trinajstić information content (AvgIpc) is 3.34. The van der Waals surface area contributed by atoms with Gasteiger partial charge in [0.15, 0.2) is 10.1 Å². The smallest absolute Gasteiger partial charge is 0.289 e. The second-order valence-corrected chi connectivity index (χ2v) is 8.65. The molecule has 0 unspecified atom stereocenters. The van der Waals surface area contributed by atoms with Gasteiger partial charge in [-0.1, -0.05) is 35.6 Å². The highest BCUT2D eigenvalue weighted by molar-refractivity contribution is 7.22. The highest BCUT2D eigenvalue weighted by atomic mass is 32.1. The molecule has 2 aromatic carbocycles. The maximum atomic E-state index is 13.4. The quantitative estimate of drug-likeness (QED) is 0.507. The minimum absolute atomic E-state index is 0.0631. The van der Waals surface area contributed by atoms with Crippen molar-refractivity contribution >= 4 is 54.1 Å². The number of likely N-dealkylation sites (N-methyl/N-ethyl adjacent to an activating group) is 1. The fourth-order valence-electron chi connectivity index (χ4n) is 3.21. The van der Waals surface area contributed by atoms with E-state index < -0.39 is 0 Å². The average molecular weight is 412 g/mol. The predicted molar refractivity (Wildman–Crippen MR) is 118 cm³/mol. The molecule has 0 radical (unpaired) electrons. The zero-order valence-corrected chi connectivity index (χ0v) is 17.6. The van der Waals surface area contributed by atoms with E-state index in [1.54, 1.807) is 11.3 Å². The van der Waals surface area contributed by atoms with Gasteiger partial charge in [0.1, 0.15) is 0 Å². The van der Waals surface area contributed by atoms with Crippen molar-refractivity contribution in [1.82, 2.24) is 9.97 Å². The van der Waals surface area contributed by atoms with Crippen LogP contribution in [-0.2, 0) is 0 Å². The molecule has 0 aliphatic heterocycles. The lowest BCUT2D eigenvalue weighted by Crippen LogP contribution is -3.12. The number of carbonyl (C=O) groups is 1. The summed E-state index contributed by atoms with van der Waals surface area (Å²) in [7, 11) is 0. The Morgan fingerprint density at radius 2 is 1.54 bits per heavy atom. The Labute approximate surface area is 172 Å². The number of quaternary nitrogens is 1. The fourth-order valence-corrected chi connectivity index (χ4v) is 5.12. The van der Waals surface area contributed by atoms with Crippen LogP contribution in [0, 0.1) is 0 Å². The van der Waals surface area contributed by atoms with E-state index in [1.807, 2.05) is 53.4 Å². The molecule has 0 saturated carbocycles. The summed E-state index contributed by atoms with van der Waals surface area (Å²) in [6.07, 6.45) is 0. The molecule has 5 nitrogen and oxygen atoms in total. The first-order valence-corrected chi connectivity index (χ1v) is 11.2. The molecule has 0 aliphatic rings. The van der Waals surface area contributed by atoms with Gasteiger partial charge in [-0.2, -0.15) is 0 Å². The van der Waals surface area contributed by atoms with Crippen LogP contribution in [0.25, 0.3) is 20.4 Å². The molecule has 0 atom stereocenters. The van der Waals surface area contributed by atoms with Crippen LogP contribution in [-0.4, -0.2) is 42.1 Å². The van der Waals surface area contributed by atoms with E-state index in [2.05, 4.69) is 18.8 Å². The molecule has 1 amide bonds. The van der Waals surface area contributed by atoms with E-state index in [0.29, 0.717) is 11.6 Å². The van der Waals surface area contributed by atoms with E-state index in [1.165, 1.54) is 16.2 Å². The van der Waals surface area contributed by atoms with Gasteiger partial charge in [-0.15, -0.1) is 11.3 Å². The molecule has 7 heteroatoms. The third-order valence-electron chi connectivity index (χ3n) is 4.92. The number of carbonyl (C=O) groups excluding carboxylic acids is 1. The number of para-hydroxylation sites is 2. The van der Waals surface area contributed by atoms with E-state index in [9.17, 15) is 4.79 Å². The van der Waals surface area contributed by atoms with Gasteiger partial charge in [0.25, 0.3) is 5.91 Å². The lowest BCUT2D eigenvalue weighted by atomic mass is 10.3. The Morgan fingerprint density at radius 3 is 2.14 bits per heavy atom. The Hall–Kier alpha value is -2.35. The summed E-state index contributed by atoms with van der Waals surface area (Å²) in [4.78, 5) is 26.0. The lowest BCUT2D eigenvalue weighted by molar-refractivity contribution is -0.894. The van der Waals surface area contributed by atoms with E-state index in [0.717, 1.165) is 45.2 Å². The first kappa shape index (κ1) is 19.0. The third kappa shape index (κ3) is 3.78. The lowest BCUT2D eigenvalue weighted by Gasteiger charge is -2.22. The molecule has 0 fully saturated rings. The normalized spacial score (nSPS) is 11.5. The van der Waals surface area contributed by atoms with Crippen molar-refractivity contribution in [2.75, 3.05) is 31.1 Å². The highest BCUT2D eigenvalue weighted by Crippen LogP contribution is 2.30. The summed E-state index contributed by atoms with van der Waals surface area (Å²) in [5.41, 5.74) is 1.80. The number of nitrogens with zero attached hydrogens (tertiary/aromatic N) is 3. The SMILES string of the molecule is CC[NH+](CC)CCN(C(=O)c1nc2ccccc2s1)c1nc2ccccc2s1. The maximum absolute atomic E-state index is 13.4. The minimum atomic E-state index is -0.0631. The number of hydrogen-bond acceptors (Lipinski definition) is 5. The number of amides is 1. The summed E-state index contributed by atoms with van der Waals surface area (Å²) >= 11 is 3.01. The van der Waals surface area contributed by atoms with Crippen molar-refractivity contribution in [2.24, 2.45) is 0 Å². The zero-order valence-electron chi connectivity index (χ0n) is 16.0. The van der Waals surface area contributed by atoms with Crippen LogP contribution in [0.3, 0.4) is 0 Å². The molecule has 0 spiro atoms. The molecular formula is C21H23N4OS2+. The van der Waals surface area contributed by atoms with Gasteiger partial charge in [-0.05, 0) is 38.1 Å². The molecule has 2 heterocycles. The predicted octanol–water partition coefficient (Wildman–Crippen LogP) is 3.48. The summed E-state index contributed by atoms with van der Waals surface area (Å²) in [6.45, 7) is 7.95. The van der Waals surface area contributed by atoms with Crippen molar-refractivity contribution in [3.63, 3.8) is 0 Å². The van der Waals surface area contributed by atoms with Crippen molar-refractivity contribution in [1.29, 1.82) is 0 Å². The number of benzene rings is 2. The standard InChI is InChI=1S/C21H22N4OS2/c1-3-24(4-2)13-14-25(21-23-16-10-6-8-12-18(16)28-21)20(26)19-22-15-9-5-7-11-17(15)27-19/h5-12H,3-4,13-14H2,1-2H3/p+1. The third-order valence-corrected chi connectivity index (χ3v) is 7.01. The monoisotopic (exact) mass is 411 g/mol. The molecule has 28 heavy (non-hydrogen) atoms. The molecular weight excluding hydrogens is 388 g/mol. The van der Waals surface area contributed by atoms with Gasteiger partial charge in [0, 0.05) is 0 Å². The fraction of sp³-hybridized carbons (Fsp3) is 0.286. The summed E-state index contributed by atoms with van der Waals surface area (Å²) < 4.78 is 2.12. The van der Waals surface area contributed by atoms with Gasteiger partial charge >= 0.3 is 0 Å². The topological polar surface area (TPSA) is 50.5 Å². The number of hydrogen-bond donors (Lipinski definition) is 1. The molecule has 144 valence electrons. The number of nitrogens with one attached hydrogen (secondary N) is 1. The molecule has 2 aromatic heterocycles. The van der Waals surface area contributed by atoms with Gasteiger partial charge in [0.2, 0.25) is 0 Å². The zero-order chi connectivity index (χ0) is 19.5. The van der Waals surface area contributed by atoms with Gasteiger partial charge in [-0.25, -0.2) is 9.97 Å². The summed E-state index contributed by atoms with van der Waals surface area (Å²) in [6, 6.07) is 15.9. The van der Waals surface area contributed by atoms with Gasteiger partial charge in [-0.3, -0.25) is 9.69 Å². The summed E-state index contributed by atoms with van der Waals surface area (Å²) in [5.74, 6) is -0.0631. The summed E-state index contributed by atoms with van der Waals surface area (Å²) in [5, 5.41) is 1.27. The van der Waals surface area contributed by atoms with Crippen molar-refractivity contribution in [2.45, 2.75) is 13.8 Å². The van der Waals surface area contributed by atoms with Crippen LogP contribution in [0.15, 0.2) is 48.5 Å². The Bertz CT molecular complexity index is 1030. The number of fused-ring (bicyclic) bond motifs is 2. The number of aromatic nitrogens is 2. The largest absolute Gasteiger partial charge is 0.334 e. The van der Waals surface area contributed by atoms with Crippen LogP contribution in [0.4, 0.5) is 5.13 Å². The molecule has 4 rings (SSSR count). The van der Waals surface area contributed by atoms with E-state index in [4.69, 9.17) is 4.98 Å². The van der Waals surface area contributed by atoms with Crippen molar-refractivity contribution < 1.29 is 9.69 Å². The highest BCUT2D eigenvalue weighted by Gasteiger charge is 2.25. The minimum Gasteiger partial charge on any atom is -0.334 e. The maximum Gasteiger partial charge on any atom is 0.289 e. The second-order valence-electron chi connectivity index (χ2n) is 6.61. The Morgan fingerprint density at radius 1 is 0.929 bits per heavy atom. The van der Waals surface area contributed by atoms with Crippen LogP contribution < -0.4 is 9.80 Å². The van der Waals surface area contributed by atoms with Crippen LogP contribution in [0.2, 0.25) is 0 Å². The van der Waals surface area contributed by atoms with Crippen LogP contribution in [0.5, 0.6) is 0 Å². The van der Waals surface area contributed by atoms with Gasteiger partial charge in [0.05, 0.1) is 46.6 Å². The van der Waals surface area contributed by atoms with E-state index >= 15 is 0 Å². The number of anilines is 1. The number of rotatable bonds is 7. The van der Waals surface area contributed by atoms with Crippen LogP contribution >= 0.6 is 22.7 Å². The Kier molecular flexibility index (Phi) is 5.66. The van der Waals surface area contributed by atoms with E-state index in [-0.39, 0.29) is 5.91 Å². The number of thiazole rings is 2. The van der Waals surface area contributed by atoms with Crippen molar-refractivity contribution in [3.8, 4) is 0 Å². The molecule has 1 N–H and O–H groups in total. The Balaban J connectivity index is 1.69. The molecule has 0 saturated heterocycles.